The van der Waals surface area contributed by atoms with E-state index in [0.717, 1.165) is 51.4 Å². The van der Waals surface area contributed by atoms with Crippen LogP contribution in [0.2, 0.25) is 0 Å². The molecule has 0 saturated heterocycles. The number of carbonyl (C=O) groups excluding carboxylic acids is 3. The molecule has 5 N–H and O–H groups in total. The van der Waals surface area contributed by atoms with Crippen LogP contribution < -0.4 is 45.3 Å². The fourth-order valence-electron chi connectivity index (χ4n) is 3.78. The minimum Gasteiger partial charge on any atom is -0.550 e. The Morgan fingerprint density at radius 1 is 0.585 bits per heavy atom. The minimum absolute atomic E-state index is 0. The Kier molecular flexibility index (Phi) is 21.8. The number of nitrogens with one attached hydrogen (secondary N) is 2. The number of phenols is 2. The number of benzene rings is 2. The van der Waals surface area contributed by atoms with Crippen LogP contribution in [-0.4, -0.2) is 52.2 Å². The molecule has 0 unspecified atom stereocenters. The molecule has 0 aliphatic heterocycles. The normalized spacial score (nSPS) is 9.95. The minimum atomic E-state index is -1.00. The summed E-state index contributed by atoms with van der Waals surface area (Å²) in [5.74, 6) is -2.33. The van der Waals surface area contributed by atoms with Gasteiger partial charge in [-0.15, -0.1) is 0 Å². The van der Waals surface area contributed by atoms with Crippen LogP contribution in [0.5, 0.6) is 11.5 Å². The number of para-hydroxylation sites is 2. The van der Waals surface area contributed by atoms with Gasteiger partial charge in [-0.2, -0.15) is 0 Å². The van der Waals surface area contributed by atoms with Gasteiger partial charge in [-0.05, 0) is 56.4 Å². The molecule has 0 aromatic heterocycles. The second-order valence-corrected chi connectivity index (χ2v) is 9.35. The monoisotopic (exact) mass is 580 g/mol. The maximum absolute atomic E-state index is 11.7. The molecule has 0 aliphatic rings. The molecule has 0 saturated carbocycles. The van der Waals surface area contributed by atoms with Crippen molar-refractivity contribution in [2.24, 2.45) is 0 Å². The first kappa shape index (κ1) is 37.9. The number of carbonyl (C=O) groups is 4. The third kappa shape index (κ3) is 18.8. The van der Waals surface area contributed by atoms with Gasteiger partial charge in [0, 0.05) is 25.5 Å². The summed E-state index contributed by atoms with van der Waals surface area (Å²) in [6.45, 7) is 1.11. The van der Waals surface area contributed by atoms with Gasteiger partial charge in [-0.3, -0.25) is 14.4 Å². The number of aromatic hydroxyl groups is 2. The third-order valence-electron chi connectivity index (χ3n) is 5.99. The van der Waals surface area contributed by atoms with Crippen LogP contribution in [0.1, 0.15) is 97.8 Å². The van der Waals surface area contributed by atoms with E-state index in [2.05, 4.69) is 10.6 Å². The zero-order valence-electron chi connectivity index (χ0n) is 23.9. The molecule has 0 spiro atoms. The Labute approximate surface area is 263 Å². The summed E-state index contributed by atoms with van der Waals surface area (Å²) in [5.41, 5.74) is 0.565. The fraction of sp³-hybridized carbons (Fsp3) is 0.467. The number of hydrogen-bond donors (Lipinski definition) is 5. The predicted molar refractivity (Wildman–Crippen MR) is 149 cm³/mol. The molecule has 220 valence electrons. The first-order valence-electron chi connectivity index (χ1n) is 13.8. The quantitative estimate of drug-likeness (QED) is 0.127. The number of unbranched alkanes of at least 4 members (excludes halogenated alkanes) is 8. The van der Waals surface area contributed by atoms with Crippen LogP contribution in [0.4, 0.5) is 0 Å². The van der Waals surface area contributed by atoms with Gasteiger partial charge in [0.05, 0.1) is 11.1 Å². The number of amides is 2. The van der Waals surface area contributed by atoms with Crippen LogP contribution in [0.3, 0.4) is 0 Å². The number of hydrogen-bond acceptors (Lipinski definition) is 7. The van der Waals surface area contributed by atoms with E-state index in [1.165, 1.54) is 12.1 Å². The molecule has 10 nitrogen and oxygen atoms in total. The van der Waals surface area contributed by atoms with Gasteiger partial charge < -0.3 is 35.9 Å². The molecule has 2 aromatic rings. The topological polar surface area (TPSA) is 176 Å². The van der Waals surface area contributed by atoms with Gasteiger partial charge in [-0.1, -0.05) is 62.8 Å². The number of rotatable bonds is 18. The Morgan fingerprint density at radius 3 is 1.34 bits per heavy atom. The average molecular weight is 581 g/mol. The van der Waals surface area contributed by atoms with Crippen molar-refractivity contribution in [2.45, 2.75) is 77.0 Å². The van der Waals surface area contributed by atoms with Crippen molar-refractivity contribution in [1.29, 1.82) is 0 Å². The number of carboxylic acid groups (broad SMARTS) is 2. The van der Waals surface area contributed by atoms with Gasteiger partial charge >= 0.3 is 35.5 Å². The van der Waals surface area contributed by atoms with E-state index < -0.39 is 11.9 Å². The Balaban J connectivity index is 0.000000762. The fourth-order valence-corrected chi connectivity index (χ4v) is 3.78. The summed E-state index contributed by atoms with van der Waals surface area (Å²) in [5, 5.41) is 43.2. The molecule has 11 heteroatoms. The van der Waals surface area contributed by atoms with Crippen LogP contribution in [0.25, 0.3) is 0 Å². The molecule has 2 rings (SSSR count). The van der Waals surface area contributed by atoms with Crippen molar-refractivity contribution in [3.63, 3.8) is 0 Å². The second kappa shape index (κ2) is 23.6. The molecule has 0 bridgehead atoms. The summed E-state index contributed by atoms with van der Waals surface area (Å²) < 4.78 is 0. The molecular weight excluding hydrogens is 539 g/mol. The first-order valence-corrected chi connectivity index (χ1v) is 13.8. The van der Waals surface area contributed by atoms with Gasteiger partial charge in [-0.25, -0.2) is 0 Å². The number of carboxylic acids is 2. The molecule has 41 heavy (non-hydrogen) atoms. The molecule has 0 fully saturated rings. The van der Waals surface area contributed by atoms with Crippen molar-refractivity contribution in [1.82, 2.24) is 10.6 Å². The van der Waals surface area contributed by atoms with Gasteiger partial charge in [0.25, 0.3) is 11.8 Å². The SMILES string of the molecule is O=C(O)CCCCCCCNC(=O)c1ccccc1O.O=C([O-])CCCCCCCNC(=O)c1ccccc1O.[Na+]. The van der Waals surface area contributed by atoms with E-state index in [9.17, 15) is 34.5 Å². The van der Waals surface area contributed by atoms with Crippen LogP contribution in [0.15, 0.2) is 48.5 Å². The average Bonchev–Trinajstić information content (AvgIpc) is 2.92. The zero-order chi connectivity index (χ0) is 29.6. The van der Waals surface area contributed by atoms with Crippen LogP contribution >= 0.6 is 0 Å². The Hall–Kier alpha value is -3.08. The van der Waals surface area contributed by atoms with Crippen molar-refractivity contribution >= 4 is 23.8 Å². The van der Waals surface area contributed by atoms with E-state index in [1.54, 1.807) is 36.4 Å². The third-order valence-corrected chi connectivity index (χ3v) is 5.99. The maximum Gasteiger partial charge on any atom is 1.00 e. The molecule has 0 aliphatic carbocycles. The molecular formula is C30H41N2NaO8. The smallest absolute Gasteiger partial charge is 0.550 e. The maximum atomic E-state index is 11.7. The molecule has 0 radical (unpaired) electrons. The standard InChI is InChI=1S/2C15H21NO4.Na/c2*17-13-9-6-5-8-12(13)15(20)16-11-7-3-1-2-4-10-14(18)19;/h2*5-6,8-9,17H,1-4,7,10-11H2,(H,16,20)(H,18,19);/q;;+1/p-1. The van der Waals surface area contributed by atoms with Crippen molar-refractivity contribution in [2.75, 3.05) is 13.1 Å². The van der Waals surface area contributed by atoms with E-state index in [0.29, 0.717) is 25.9 Å². The van der Waals surface area contributed by atoms with Crippen molar-refractivity contribution in [3.05, 3.63) is 59.7 Å². The predicted octanol–water partition coefficient (Wildman–Crippen LogP) is 0.764. The summed E-state index contributed by atoms with van der Waals surface area (Å²) in [4.78, 5) is 44.0. The van der Waals surface area contributed by atoms with Crippen LogP contribution in [-0.2, 0) is 9.59 Å². The summed E-state index contributed by atoms with van der Waals surface area (Å²) in [6, 6.07) is 12.9. The summed E-state index contributed by atoms with van der Waals surface area (Å²) in [6.07, 6.45) is 8.96. The Morgan fingerprint density at radius 2 is 0.951 bits per heavy atom. The summed E-state index contributed by atoms with van der Waals surface area (Å²) in [7, 11) is 0. The Bertz CT molecular complexity index is 981. The molecule has 0 atom stereocenters. The largest absolute Gasteiger partial charge is 1.00 e. The molecule has 0 heterocycles. The second-order valence-electron chi connectivity index (χ2n) is 9.35. The van der Waals surface area contributed by atoms with Crippen molar-refractivity contribution < 1.29 is 69.2 Å². The van der Waals surface area contributed by atoms with E-state index in [4.69, 9.17) is 5.11 Å². The van der Waals surface area contributed by atoms with Gasteiger partial charge in [0.15, 0.2) is 0 Å². The molecule has 2 amide bonds. The summed E-state index contributed by atoms with van der Waals surface area (Å²) >= 11 is 0. The first-order chi connectivity index (χ1) is 19.2. The number of phenolic OH excluding ortho intramolecular Hbond substituents is 2. The number of aliphatic carboxylic acids is 2. The van der Waals surface area contributed by atoms with Crippen molar-refractivity contribution in [3.8, 4) is 11.5 Å². The van der Waals surface area contributed by atoms with E-state index in [1.807, 2.05) is 0 Å². The van der Waals surface area contributed by atoms with E-state index in [-0.39, 0.29) is 76.8 Å². The van der Waals surface area contributed by atoms with Gasteiger partial charge in [0.1, 0.15) is 11.5 Å². The van der Waals surface area contributed by atoms with Gasteiger partial charge in [0.2, 0.25) is 0 Å². The van der Waals surface area contributed by atoms with Crippen LogP contribution in [0, 0.1) is 0 Å². The van der Waals surface area contributed by atoms with E-state index >= 15 is 0 Å². The molecule has 2 aromatic carbocycles. The zero-order valence-corrected chi connectivity index (χ0v) is 25.9.